The van der Waals surface area contributed by atoms with Gasteiger partial charge < -0.3 is 15.3 Å². The quantitative estimate of drug-likeness (QED) is 0.548. The number of nitrogens with zero attached hydrogens (tertiary/aromatic N) is 5. The lowest BCUT2D eigenvalue weighted by atomic mass is 10.0. The Labute approximate surface area is 204 Å². The first kappa shape index (κ1) is 23.0. The van der Waals surface area contributed by atoms with Crippen molar-refractivity contribution < 1.29 is 14.7 Å². The summed E-state index contributed by atoms with van der Waals surface area (Å²) in [7, 11) is 0. The Balaban J connectivity index is 1.23. The van der Waals surface area contributed by atoms with Crippen molar-refractivity contribution in [3.8, 4) is 11.3 Å². The van der Waals surface area contributed by atoms with Gasteiger partial charge in [0.05, 0.1) is 29.2 Å². The smallest absolute Gasteiger partial charge is 0.335 e. The highest BCUT2D eigenvalue weighted by Gasteiger charge is 2.52. The first-order chi connectivity index (χ1) is 16.7. The van der Waals surface area contributed by atoms with Crippen molar-refractivity contribution in [2.24, 2.45) is 11.3 Å². The second-order valence-electron chi connectivity index (χ2n) is 10.2. The summed E-state index contributed by atoms with van der Waals surface area (Å²) >= 11 is 0. The first-order valence-corrected chi connectivity index (χ1v) is 12.0. The molecule has 2 aromatic heterocycles. The van der Waals surface area contributed by atoms with Crippen molar-refractivity contribution in [1.29, 1.82) is 0 Å². The molecule has 1 atom stereocenters. The maximum absolute atomic E-state index is 12.7. The predicted octanol–water partition coefficient (Wildman–Crippen LogP) is 4.30. The summed E-state index contributed by atoms with van der Waals surface area (Å²) in [5, 5.41) is 16.9. The number of anilines is 2. The Kier molecular flexibility index (Phi) is 5.78. The highest BCUT2D eigenvalue weighted by molar-refractivity contribution is 5.88. The number of hydrogen-bond donors (Lipinski definition) is 2. The van der Waals surface area contributed by atoms with Gasteiger partial charge in [-0.1, -0.05) is 26.0 Å². The number of likely N-dealkylation sites (tertiary alicyclic amines) is 1. The van der Waals surface area contributed by atoms with Gasteiger partial charge in [0, 0.05) is 37.0 Å². The van der Waals surface area contributed by atoms with Gasteiger partial charge in [0.25, 0.3) is 0 Å². The van der Waals surface area contributed by atoms with E-state index in [1.807, 2.05) is 22.7 Å². The molecule has 0 bridgehead atoms. The molecule has 1 amide bonds. The van der Waals surface area contributed by atoms with Gasteiger partial charge in [0.2, 0.25) is 11.9 Å². The van der Waals surface area contributed by atoms with Gasteiger partial charge in [-0.15, -0.1) is 0 Å². The molecule has 182 valence electrons. The number of piperidine rings is 1. The highest BCUT2D eigenvalue weighted by atomic mass is 16.4. The molecule has 5 rings (SSSR count). The van der Waals surface area contributed by atoms with E-state index in [9.17, 15) is 9.59 Å². The van der Waals surface area contributed by atoms with Crippen LogP contribution in [0.5, 0.6) is 0 Å². The summed E-state index contributed by atoms with van der Waals surface area (Å²) in [6.07, 6.45) is 8.23. The van der Waals surface area contributed by atoms with Gasteiger partial charge >= 0.3 is 5.97 Å². The first-order valence-electron chi connectivity index (χ1n) is 12.0. The van der Waals surface area contributed by atoms with Crippen molar-refractivity contribution in [3.05, 3.63) is 54.0 Å². The summed E-state index contributed by atoms with van der Waals surface area (Å²) in [6, 6.07) is 6.90. The zero-order chi connectivity index (χ0) is 24.7. The van der Waals surface area contributed by atoms with E-state index in [1.165, 1.54) is 0 Å². The van der Waals surface area contributed by atoms with Crippen molar-refractivity contribution >= 4 is 23.5 Å². The largest absolute Gasteiger partial charge is 0.478 e. The van der Waals surface area contributed by atoms with Gasteiger partial charge in [-0.3, -0.25) is 9.48 Å². The van der Waals surface area contributed by atoms with E-state index >= 15 is 0 Å². The van der Waals surface area contributed by atoms with Gasteiger partial charge in [0.1, 0.15) is 0 Å². The molecule has 3 heterocycles. The number of aromatic nitrogens is 4. The van der Waals surface area contributed by atoms with Crippen LogP contribution in [-0.2, 0) is 4.79 Å². The van der Waals surface area contributed by atoms with Crippen LogP contribution in [0.3, 0.4) is 0 Å². The topological polar surface area (TPSA) is 113 Å². The Morgan fingerprint density at radius 1 is 1.11 bits per heavy atom. The van der Waals surface area contributed by atoms with Gasteiger partial charge in [-0.05, 0) is 49.3 Å². The van der Waals surface area contributed by atoms with Crippen LogP contribution in [0, 0.1) is 18.3 Å². The molecule has 1 saturated heterocycles. The lowest BCUT2D eigenvalue weighted by Crippen LogP contribution is -2.40. The van der Waals surface area contributed by atoms with E-state index in [0.717, 1.165) is 54.9 Å². The molecule has 35 heavy (non-hydrogen) atoms. The van der Waals surface area contributed by atoms with Crippen molar-refractivity contribution in [3.63, 3.8) is 0 Å². The van der Waals surface area contributed by atoms with Crippen LogP contribution < -0.4 is 5.32 Å². The molecule has 1 aliphatic carbocycles. The summed E-state index contributed by atoms with van der Waals surface area (Å²) in [5.41, 5.74) is 3.64. The molecule has 2 aliphatic rings. The predicted molar refractivity (Wildman–Crippen MR) is 131 cm³/mol. The number of hydrogen-bond acceptors (Lipinski definition) is 6. The molecule has 9 nitrogen and oxygen atoms in total. The van der Waals surface area contributed by atoms with E-state index in [-0.39, 0.29) is 22.9 Å². The van der Waals surface area contributed by atoms with Crippen molar-refractivity contribution in [1.82, 2.24) is 24.6 Å². The van der Waals surface area contributed by atoms with Gasteiger partial charge in [-0.25, -0.2) is 14.8 Å². The normalized spacial score (nSPS) is 19.4. The zero-order valence-corrected chi connectivity index (χ0v) is 20.2. The molecule has 1 unspecified atom stereocenters. The van der Waals surface area contributed by atoms with E-state index in [4.69, 9.17) is 5.11 Å². The molecule has 2 N–H and O–H groups in total. The van der Waals surface area contributed by atoms with E-state index in [0.29, 0.717) is 11.9 Å². The third kappa shape index (κ3) is 4.76. The molecule has 3 aromatic rings. The molecule has 1 aromatic carbocycles. The van der Waals surface area contributed by atoms with Crippen molar-refractivity contribution in [2.45, 2.75) is 46.1 Å². The molecule has 2 fully saturated rings. The number of benzene rings is 1. The molecule has 0 radical (unpaired) electrons. The zero-order valence-electron chi connectivity index (χ0n) is 20.2. The Morgan fingerprint density at radius 2 is 1.80 bits per heavy atom. The lowest BCUT2D eigenvalue weighted by Gasteiger charge is -2.32. The van der Waals surface area contributed by atoms with Crippen LogP contribution >= 0.6 is 0 Å². The van der Waals surface area contributed by atoms with Crippen LogP contribution in [0.15, 0.2) is 42.9 Å². The molecular weight excluding hydrogens is 444 g/mol. The maximum atomic E-state index is 12.7. The average Bonchev–Trinajstić information content (AvgIpc) is 3.25. The van der Waals surface area contributed by atoms with E-state index in [2.05, 4.69) is 34.2 Å². The number of aryl methyl sites for hydroxylation is 1. The highest BCUT2D eigenvalue weighted by Crippen LogP contribution is 2.52. The van der Waals surface area contributed by atoms with Crippen LogP contribution in [0.1, 0.15) is 55.1 Å². The maximum Gasteiger partial charge on any atom is 0.335 e. The standard InChI is InChI=1S/C26H30N6O3/c1-16-13-27-25(30-22(16)17-4-6-18(7-5-17)24(34)35)29-19-14-28-32(15-19)20-8-10-31(11-9-20)23(33)21-12-26(21,2)3/h4-7,13-15,20-21H,8-12H2,1-3H3,(H,34,35)(H,27,29,30). The van der Waals surface area contributed by atoms with Gasteiger partial charge in [0.15, 0.2) is 0 Å². The fourth-order valence-corrected chi connectivity index (χ4v) is 4.76. The number of carboxylic acids is 1. The summed E-state index contributed by atoms with van der Waals surface area (Å²) in [5.74, 6) is -0.0188. The number of rotatable bonds is 6. The molecule has 9 heteroatoms. The SMILES string of the molecule is Cc1cnc(Nc2cnn(C3CCN(C(=O)C4CC4(C)C)CC3)c2)nc1-c1ccc(C(=O)O)cc1. The number of carbonyl (C=O) groups excluding carboxylic acids is 1. The summed E-state index contributed by atoms with van der Waals surface area (Å²) < 4.78 is 1.96. The molecule has 1 aliphatic heterocycles. The molecule has 1 saturated carbocycles. The monoisotopic (exact) mass is 474 g/mol. The van der Waals surface area contributed by atoms with Crippen LogP contribution in [0.2, 0.25) is 0 Å². The van der Waals surface area contributed by atoms with Crippen LogP contribution in [-0.4, -0.2) is 54.7 Å². The number of amides is 1. The minimum atomic E-state index is -0.959. The summed E-state index contributed by atoms with van der Waals surface area (Å²) in [4.78, 5) is 34.9. The van der Waals surface area contributed by atoms with E-state index < -0.39 is 5.97 Å². The average molecular weight is 475 g/mol. The van der Waals surface area contributed by atoms with Gasteiger partial charge in [-0.2, -0.15) is 5.10 Å². The third-order valence-electron chi connectivity index (χ3n) is 7.20. The van der Waals surface area contributed by atoms with E-state index in [1.54, 1.807) is 36.7 Å². The second kappa shape index (κ2) is 8.79. The Morgan fingerprint density at radius 3 is 2.43 bits per heavy atom. The number of nitrogens with one attached hydrogen (secondary N) is 1. The summed E-state index contributed by atoms with van der Waals surface area (Å²) in [6.45, 7) is 7.78. The Bertz CT molecular complexity index is 1260. The molecule has 0 spiro atoms. The van der Waals surface area contributed by atoms with Crippen molar-refractivity contribution in [2.75, 3.05) is 18.4 Å². The van der Waals surface area contributed by atoms with Crippen LogP contribution in [0.25, 0.3) is 11.3 Å². The molecular formula is C26H30N6O3. The number of carboxylic acid groups (broad SMARTS) is 1. The minimum Gasteiger partial charge on any atom is -0.478 e. The fraction of sp³-hybridized carbons (Fsp3) is 0.423. The number of aromatic carboxylic acids is 1. The Hall–Kier alpha value is -3.75. The second-order valence-corrected chi connectivity index (χ2v) is 10.2. The van der Waals surface area contributed by atoms with Crippen LogP contribution in [0.4, 0.5) is 11.6 Å². The lowest BCUT2D eigenvalue weighted by molar-refractivity contribution is -0.134. The number of carbonyl (C=O) groups is 2. The fourth-order valence-electron chi connectivity index (χ4n) is 4.76. The minimum absolute atomic E-state index is 0.163. The third-order valence-corrected chi connectivity index (χ3v) is 7.20.